The van der Waals surface area contributed by atoms with E-state index in [4.69, 9.17) is 0 Å². The van der Waals surface area contributed by atoms with Gasteiger partial charge in [0.1, 0.15) is 5.82 Å². The number of likely N-dealkylation sites (N-methyl/N-ethyl adjacent to an activating group) is 1. The maximum Gasteiger partial charge on any atom is 0.227 e. The van der Waals surface area contributed by atoms with Gasteiger partial charge in [-0.1, -0.05) is 44.2 Å². The summed E-state index contributed by atoms with van der Waals surface area (Å²) in [5.74, 6) is -0.387. The SMILES string of the molecule is CCNC(=O)C(c1ccccc1)C1CCN(c2ccc(NC(=O)C(CC)CC)cc2F)CC1. The molecule has 5 nitrogen and oxygen atoms in total. The number of nitrogens with one attached hydrogen (secondary N) is 2. The van der Waals surface area contributed by atoms with Gasteiger partial charge in [0.15, 0.2) is 0 Å². The molecule has 0 aliphatic carbocycles. The zero-order valence-electron chi connectivity index (χ0n) is 19.9. The molecule has 0 radical (unpaired) electrons. The fourth-order valence-electron chi connectivity index (χ4n) is 4.80. The van der Waals surface area contributed by atoms with Gasteiger partial charge in [0.05, 0.1) is 11.6 Å². The molecule has 0 saturated carbocycles. The van der Waals surface area contributed by atoms with E-state index < -0.39 is 0 Å². The minimum atomic E-state index is -0.334. The van der Waals surface area contributed by atoms with Crippen molar-refractivity contribution in [2.24, 2.45) is 11.8 Å². The lowest BCUT2D eigenvalue weighted by Crippen LogP contribution is -2.40. The normalized spacial score (nSPS) is 15.4. The highest BCUT2D eigenvalue weighted by atomic mass is 19.1. The molecule has 1 atom stereocenters. The van der Waals surface area contributed by atoms with Crippen LogP contribution in [0.3, 0.4) is 0 Å². The first-order valence-corrected chi connectivity index (χ1v) is 12.2. The molecule has 6 heteroatoms. The fraction of sp³-hybridized carbons (Fsp3) is 0.481. The molecule has 1 heterocycles. The van der Waals surface area contributed by atoms with Crippen LogP contribution in [-0.4, -0.2) is 31.4 Å². The predicted octanol–water partition coefficient (Wildman–Crippen LogP) is 5.34. The fourth-order valence-corrected chi connectivity index (χ4v) is 4.80. The van der Waals surface area contributed by atoms with Crippen LogP contribution in [0.15, 0.2) is 48.5 Å². The Morgan fingerprint density at radius 2 is 1.67 bits per heavy atom. The lowest BCUT2D eigenvalue weighted by molar-refractivity contribution is -0.124. The van der Waals surface area contributed by atoms with Crippen LogP contribution >= 0.6 is 0 Å². The van der Waals surface area contributed by atoms with E-state index in [1.54, 1.807) is 12.1 Å². The van der Waals surface area contributed by atoms with E-state index in [1.165, 1.54) is 6.07 Å². The van der Waals surface area contributed by atoms with Gasteiger partial charge >= 0.3 is 0 Å². The van der Waals surface area contributed by atoms with Crippen molar-refractivity contribution in [3.63, 3.8) is 0 Å². The first-order chi connectivity index (χ1) is 16.0. The number of rotatable bonds is 9. The maximum atomic E-state index is 14.9. The van der Waals surface area contributed by atoms with Crippen molar-refractivity contribution in [1.29, 1.82) is 0 Å². The molecule has 2 N–H and O–H groups in total. The smallest absolute Gasteiger partial charge is 0.227 e. The summed E-state index contributed by atoms with van der Waals surface area (Å²) in [4.78, 5) is 27.2. The van der Waals surface area contributed by atoms with Crippen molar-refractivity contribution >= 4 is 23.2 Å². The van der Waals surface area contributed by atoms with E-state index in [0.717, 1.165) is 31.2 Å². The van der Waals surface area contributed by atoms with Crippen molar-refractivity contribution < 1.29 is 14.0 Å². The summed E-state index contributed by atoms with van der Waals surface area (Å²) in [6.45, 7) is 7.87. The zero-order chi connectivity index (χ0) is 23.8. The number of benzene rings is 2. The second-order valence-corrected chi connectivity index (χ2v) is 8.78. The Hall–Kier alpha value is -2.89. The van der Waals surface area contributed by atoms with Gasteiger partial charge in [0, 0.05) is 31.2 Å². The summed E-state index contributed by atoms with van der Waals surface area (Å²) < 4.78 is 14.9. The van der Waals surface area contributed by atoms with E-state index >= 15 is 0 Å². The summed E-state index contributed by atoms with van der Waals surface area (Å²) in [6.07, 6.45) is 3.14. The second-order valence-electron chi connectivity index (χ2n) is 8.78. The summed E-state index contributed by atoms with van der Waals surface area (Å²) >= 11 is 0. The van der Waals surface area contributed by atoms with Crippen molar-refractivity contribution in [3.05, 3.63) is 59.9 Å². The summed E-state index contributed by atoms with van der Waals surface area (Å²) in [7, 11) is 0. The number of hydrogen-bond acceptors (Lipinski definition) is 3. The molecule has 178 valence electrons. The van der Waals surface area contributed by atoms with Gasteiger partial charge in [0.2, 0.25) is 11.8 Å². The Balaban J connectivity index is 1.67. The van der Waals surface area contributed by atoms with Crippen molar-refractivity contribution in [2.75, 3.05) is 29.9 Å². The molecule has 1 aliphatic heterocycles. The molecule has 2 aromatic carbocycles. The number of carbonyl (C=O) groups is 2. The Morgan fingerprint density at radius 1 is 1.00 bits per heavy atom. The van der Waals surface area contributed by atoms with Gasteiger partial charge in [0.25, 0.3) is 0 Å². The molecule has 1 fully saturated rings. The summed E-state index contributed by atoms with van der Waals surface area (Å²) in [5, 5.41) is 5.82. The third-order valence-electron chi connectivity index (χ3n) is 6.72. The Kier molecular flexibility index (Phi) is 8.87. The number of halogens is 1. The largest absolute Gasteiger partial charge is 0.369 e. The summed E-state index contributed by atoms with van der Waals surface area (Å²) in [5.41, 5.74) is 2.07. The molecule has 0 aromatic heterocycles. The molecule has 2 aromatic rings. The third kappa shape index (κ3) is 6.12. The van der Waals surface area contributed by atoms with Gasteiger partial charge in [-0.3, -0.25) is 9.59 Å². The van der Waals surface area contributed by atoms with Gasteiger partial charge in [-0.05, 0) is 62.3 Å². The highest BCUT2D eigenvalue weighted by molar-refractivity contribution is 5.92. The van der Waals surface area contributed by atoms with E-state index in [9.17, 15) is 14.0 Å². The molecular weight excluding hydrogens is 417 g/mol. The van der Waals surface area contributed by atoms with Crippen LogP contribution in [0.25, 0.3) is 0 Å². The summed E-state index contributed by atoms with van der Waals surface area (Å²) in [6, 6.07) is 14.8. The van der Waals surface area contributed by atoms with Crippen molar-refractivity contribution in [1.82, 2.24) is 5.32 Å². The van der Waals surface area contributed by atoms with E-state index in [0.29, 0.717) is 31.0 Å². The molecule has 3 rings (SSSR count). The molecule has 1 unspecified atom stereocenters. The first kappa shape index (κ1) is 24.7. The Bertz CT molecular complexity index is 922. The Morgan fingerprint density at radius 3 is 2.24 bits per heavy atom. The number of carbonyl (C=O) groups excluding carboxylic acids is 2. The number of amides is 2. The van der Waals surface area contributed by atoms with Crippen LogP contribution in [0.4, 0.5) is 15.8 Å². The third-order valence-corrected chi connectivity index (χ3v) is 6.72. The molecule has 33 heavy (non-hydrogen) atoms. The second kappa shape index (κ2) is 11.8. The quantitative estimate of drug-likeness (QED) is 0.539. The van der Waals surface area contributed by atoms with Crippen molar-refractivity contribution in [2.45, 2.75) is 52.4 Å². The number of anilines is 2. The standard InChI is InChI=1S/C27H36FN3O2/c1-4-19(5-2)26(32)30-22-12-13-24(23(28)18-22)31-16-14-21(15-17-31)25(27(33)29-6-3)20-10-8-7-9-11-20/h7-13,18-19,21,25H,4-6,14-17H2,1-3H3,(H,29,33)(H,30,32). The van der Waals surface area contributed by atoms with Crippen LogP contribution in [0, 0.1) is 17.7 Å². The van der Waals surface area contributed by atoms with Crippen LogP contribution in [0.5, 0.6) is 0 Å². The van der Waals surface area contributed by atoms with Crippen molar-refractivity contribution in [3.8, 4) is 0 Å². The molecule has 1 saturated heterocycles. The van der Waals surface area contributed by atoms with Crippen LogP contribution in [0.2, 0.25) is 0 Å². The van der Waals surface area contributed by atoms with Gasteiger partial charge < -0.3 is 15.5 Å². The van der Waals surface area contributed by atoms with Gasteiger partial charge in [-0.2, -0.15) is 0 Å². The maximum absolute atomic E-state index is 14.9. The van der Waals surface area contributed by atoms with E-state index in [1.807, 2.05) is 56.0 Å². The highest BCUT2D eigenvalue weighted by Gasteiger charge is 2.33. The monoisotopic (exact) mass is 453 g/mol. The highest BCUT2D eigenvalue weighted by Crippen LogP contribution is 2.35. The lowest BCUT2D eigenvalue weighted by atomic mass is 9.79. The molecule has 0 bridgehead atoms. The molecule has 2 amide bonds. The number of piperidine rings is 1. The predicted molar refractivity (Wildman–Crippen MR) is 132 cm³/mol. The molecule has 0 spiro atoms. The molecular formula is C27H36FN3O2. The molecule has 1 aliphatic rings. The first-order valence-electron chi connectivity index (χ1n) is 12.2. The van der Waals surface area contributed by atoms with E-state index in [-0.39, 0.29) is 35.4 Å². The number of nitrogens with zero attached hydrogens (tertiary/aromatic N) is 1. The van der Waals surface area contributed by atoms with E-state index in [2.05, 4.69) is 10.6 Å². The average molecular weight is 454 g/mol. The number of hydrogen-bond donors (Lipinski definition) is 2. The topological polar surface area (TPSA) is 61.4 Å². The van der Waals surface area contributed by atoms with Crippen LogP contribution < -0.4 is 15.5 Å². The Labute approximate surface area is 196 Å². The van der Waals surface area contributed by atoms with Crippen LogP contribution in [-0.2, 0) is 9.59 Å². The minimum Gasteiger partial charge on any atom is -0.369 e. The minimum absolute atomic E-state index is 0.0609. The average Bonchev–Trinajstić information content (AvgIpc) is 2.82. The zero-order valence-corrected chi connectivity index (χ0v) is 19.9. The van der Waals surface area contributed by atoms with Gasteiger partial charge in [-0.25, -0.2) is 4.39 Å². The van der Waals surface area contributed by atoms with Crippen LogP contribution in [0.1, 0.15) is 57.9 Å². The lowest BCUT2D eigenvalue weighted by Gasteiger charge is -2.37. The van der Waals surface area contributed by atoms with Gasteiger partial charge in [-0.15, -0.1) is 0 Å².